The van der Waals surface area contributed by atoms with Crippen molar-refractivity contribution in [1.29, 1.82) is 0 Å². The maximum Gasteiger partial charge on any atom is 0.308 e. The molecule has 2 rings (SSSR count). The third-order valence-electron chi connectivity index (χ3n) is 2.88. The number of nitrogens with zero attached hydrogens (tertiary/aromatic N) is 1. The van der Waals surface area contributed by atoms with Gasteiger partial charge in [0.05, 0.1) is 5.92 Å². The molecule has 1 unspecified atom stereocenters. The van der Waals surface area contributed by atoms with Gasteiger partial charge in [0.25, 0.3) is 0 Å². The summed E-state index contributed by atoms with van der Waals surface area (Å²) in [5.74, 6) is -2.26. The Morgan fingerprint density at radius 1 is 1.37 bits per heavy atom. The Hall–Kier alpha value is -0.533. The van der Waals surface area contributed by atoms with E-state index in [2.05, 4.69) is 0 Å². The summed E-state index contributed by atoms with van der Waals surface area (Å²) in [6.07, 6.45) is 0.00376. The van der Waals surface area contributed by atoms with Crippen LogP contribution in [-0.2, 0) is 58.3 Å². The van der Waals surface area contributed by atoms with E-state index in [1.165, 1.54) is 11.0 Å². The van der Waals surface area contributed by atoms with Gasteiger partial charge in [-0.1, -0.05) is 18.2 Å². The zero-order valence-corrected chi connectivity index (χ0v) is 15.8. The Kier molecular flexibility index (Phi) is 7.69. The van der Waals surface area contributed by atoms with Crippen LogP contribution in [-0.4, -0.2) is 28.4 Å². The minimum absolute atomic E-state index is 0. The Balaban J connectivity index is 0.00000162. The number of aliphatic carboxylic acids is 1. The summed E-state index contributed by atoms with van der Waals surface area (Å²) in [7, 11) is 0. The second-order valence-electron chi connectivity index (χ2n) is 4.10. The molecule has 0 bridgehead atoms. The number of carboxylic acid groups (broad SMARTS) is 1. The number of carboxylic acids is 1. The van der Waals surface area contributed by atoms with Gasteiger partial charge < -0.3 is 10.0 Å². The van der Waals surface area contributed by atoms with Gasteiger partial charge in [0.1, 0.15) is 5.82 Å². The second kappa shape index (κ2) is 7.91. The van der Waals surface area contributed by atoms with Gasteiger partial charge in [0.15, 0.2) is 0 Å². The van der Waals surface area contributed by atoms with Crippen LogP contribution in [0.3, 0.4) is 0 Å². The Bertz CT molecular complexity index is 470. The van der Waals surface area contributed by atoms with Crippen molar-refractivity contribution in [2.24, 2.45) is 5.92 Å². The average molecular weight is 605 g/mol. The van der Waals surface area contributed by atoms with Crippen molar-refractivity contribution < 1.29 is 61.2 Å². The van der Waals surface area contributed by atoms with Crippen LogP contribution in [0.1, 0.15) is 12.0 Å². The molecule has 1 saturated heterocycles. The summed E-state index contributed by atoms with van der Waals surface area (Å²) in [6, 6.07) is 6.18. The molecule has 0 spiro atoms. The van der Waals surface area contributed by atoms with Crippen molar-refractivity contribution in [3.05, 3.63) is 35.6 Å². The first-order chi connectivity index (χ1) is 8.08. The third kappa shape index (κ3) is 4.50. The summed E-state index contributed by atoms with van der Waals surface area (Å²) in [4.78, 5) is 23.7. The molecule has 1 aromatic rings. The molecule has 1 N–H and O–H groups in total. The van der Waals surface area contributed by atoms with Gasteiger partial charge in [-0.05, 0) is 6.07 Å². The van der Waals surface area contributed by atoms with Gasteiger partial charge >= 0.3 is 5.97 Å². The molecule has 7 heteroatoms. The zero-order valence-electron chi connectivity index (χ0n) is 9.91. The number of likely N-dealkylation sites (tertiary alicyclic amines) is 1. The summed E-state index contributed by atoms with van der Waals surface area (Å²) in [5, 5.41) is 8.82. The van der Waals surface area contributed by atoms with E-state index in [9.17, 15) is 14.0 Å². The quantitative estimate of drug-likeness (QED) is 0.566. The number of hydrogen-bond donors (Lipinski definition) is 1. The second-order valence-corrected chi connectivity index (χ2v) is 4.10. The van der Waals surface area contributed by atoms with Crippen LogP contribution in [0.5, 0.6) is 0 Å². The van der Waals surface area contributed by atoms with Crippen LogP contribution in [0.25, 0.3) is 0 Å². The monoisotopic (exact) mass is 605 g/mol. The average Bonchev–Trinajstić information content (AvgIpc) is 2.64. The van der Waals surface area contributed by atoms with E-state index in [1.54, 1.807) is 18.2 Å². The minimum atomic E-state index is -0.977. The van der Waals surface area contributed by atoms with Gasteiger partial charge in [0, 0.05) is 67.2 Å². The van der Waals surface area contributed by atoms with Crippen molar-refractivity contribution >= 4 is 11.9 Å². The van der Waals surface area contributed by atoms with Gasteiger partial charge in [0.2, 0.25) is 5.91 Å². The van der Waals surface area contributed by atoms with Crippen LogP contribution >= 0.6 is 0 Å². The van der Waals surface area contributed by atoms with Gasteiger partial charge in [-0.2, -0.15) is 0 Å². The van der Waals surface area contributed by atoms with Crippen LogP contribution in [0.15, 0.2) is 24.3 Å². The SMILES string of the molecule is O=C(O)C1CC(=O)N(Cc2ccccc2F)C1.[W].[W]. The largest absolute Gasteiger partial charge is 0.481 e. The van der Waals surface area contributed by atoms with E-state index in [0.29, 0.717) is 5.56 Å². The summed E-state index contributed by atoms with van der Waals surface area (Å²) in [6.45, 7) is 0.289. The molecule has 1 heterocycles. The molecule has 1 amide bonds. The smallest absolute Gasteiger partial charge is 0.308 e. The standard InChI is InChI=1S/C12H12FNO3.2W/c13-10-4-2-1-3-8(10)6-14-7-9(12(16)17)5-11(14)15;;/h1-4,9H,5-7H2,(H,16,17);;. The van der Waals surface area contributed by atoms with E-state index in [0.717, 1.165) is 0 Å². The molecule has 0 aromatic heterocycles. The Labute approximate surface area is 138 Å². The number of carbonyl (C=O) groups excluding carboxylic acids is 1. The van der Waals surface area contributed by atoms with E-state index in [-0.39, 0.29) is 73.4 Å². The first kappa shape index (κ1) is 18.5. The van der Waals surface area contributed by atoms with Crippen LogP contribution in [0, 0.1) is 11.7 Å². The number of carbonyl (C=O) groups is 2. The van der Waals surface area contributed by atoms with Gasteiger partial charge in [-0.25, -0.2) is 4.39 Å². The molecule has 0 radical (unpaired) electrons. The van der Waals surface area contributed by atoms with Crippen molar-refractivity contribution in [1.82, 2.24) is 4.90 Å². The van der Waals surface area contributed by atoms with Gasteiger partial charge in [-0.3, -0.25) is 9.59 Å². The molecular formula is C12H12FNO3W2. The first-order valence-corrected chi connectivity index (χ1v) is 5.32. The Morgan fingerprint density at radius 2 is 2.00 bits per heavy atom. The van der Waals surface area contributed by atoms with Crippen molar-refractivity contribution in [3.63, 3.8) is 0 Å². The number of amides is 1. The molecule has 0 aliphatic carbocycles. The molecule has 102 valence electrons. The summed E-state index contributed by atoms with van der Waals surface area (Å²) in [5.41, 5.74) is 0.409. The van der Waals surface area contributed by atoms with Crippen molar-refractivity contribution in [3.8, 4) is 0 Å². The zero-order chi connectivity index (χ0) is 12.4. The molecular weight excluding hydrogens is 593 g/mol. The van der Waals surface area contributed by atoms with E-state index in [1.807, 2.05) is 0 Å². The molecule has 19 heavy (non-hydrogen) atoms. The maximum atomic E-state index is 13.4. The third-order valence-corrected chi connectivity index (χ3v) is 2.88. The fourth-order valence-electron chi connectivity index (χ4n) is 1.92. The summed E-state index contributed by atoms with van der Waals surface area (Å²) < 4.78 is 13.4. The fraction of sp³-hybridized carbons (Fsp3) is 0.333. The van der Waals surface area contributed by atoms with Crippen LogP contribution in [0.2, 0.25) is 0 Å². The predicted molar refractivity (Wildman–Crippen MR) is 57.6 cm³/mol. The van der Waals surface area contributed by atoms with E-state index in [4.69, 9.17) is 5.11 Å². The number of rotatable bonds is 3. The number of halogens is 1. The number of hydrogen-bond acceptors (Lipinski definition) is 2. The molecule has 1 aliphatic heterocycles. The van der Waals surface area contributed by atoms with Gasteiger partial charge in [-0.15, -0.1) is 0 Å². The van der Waals surface area contributed by atoms with Crippen LogP contribution in [0.4, 0.5) is 4.39 Å². The molecule has 1 atom stereocenters. The van der Waals surface area contributed by atoms with Crippen molar-refractivity contribution in [2.75, 3.05) is 6.54 Å². The maximum absolute atomic E-state index is 13.4. The molecule has 1 aromatic carbocycles. The predicted octanol–water partition coefficient (Wildman–Crippen LogP) is 1.25. The minimum Gasteiger partial charge on any atom is -0.481 e. The first-order valence-electron chi connectivity index (χ1n) is 5.32. The topological polar surface area (TPSA) is 57.6 Å². The molecule has 4 nitrogen and oxygen atoms in total. The van der Waals surface area contributed by atoms with Crippen molar-refractivity contribution in [2.45, 2.75) is 13.0 Å². The van der Waals surface area contributed by atoms with E-state index >= 15 is 0 Å². The summed E-state index contributed by atoms with van der Waals surface area (Å²) >= 11 is 0. The van der Waals surface area contributed by atoms with E-state index < -0.39 is 11.9 Å². The molecule has 0 saturated carbocycles. The molecule has 1 aliphatic rings. The molecule has 1 fully saturated rings. The van der Waals surface area contributed by atoms with Crippen LogP contribution < -0.4 is 0 Å². The normalized spacial score (nSPS) is 17.6. The number of benzene rings is 1. The Morgan fingerprint density at radius 3 is 2.53 bits per heavy atom. The fourth-order valence-corrected chi connectivity index (χ4v) is 1.92.